The van der Waals surface area contributed by atoms with Crippen LogP contribution in [0.15, 0.2) is 23.1 Å². The lowest BCUT2D eigenvalue weighted by atomic mass is 10.1. The summed E-state index contributed by atoms with van der Waals surface area (Å²) in [5.41, 5.74) is 0.337. The number of hydrogen-bond acceptors (Lipinski definition) is 2. The number of hydrogen-bond donors (Lipinski definition) is 1. The molecule has 0 aromatic carbocycles. The molecule has 1 aromatic heterocycles. The van der Waals surface area contributed by atoms with Crippen molar-refractivity contribution < 1.29 is 4.79 Å². The van der Waals surface area contributed by atoms with Crippen molar-refractivity contribution in [2.75, 3.05) is 11.9 Å². The number of alkyl halides is 1. The summed E-state index contributed by atoms with van der Waals surface area (Å²) < 4.78 is 0. The van der Waals surface area contributed by atoms with Crippen LogP contribution in [-0.2, 0) is 0 Å². The zero-order valence-electron chi connectivity index (χ0n) is 10.8. The molecule has 0 bridgehead atoms. The summed E-state index contributed by atoms with van der Waals surface area (Å²) >= 11 is 3.38. The Morgan fingerprint density at radius 3 is 2.50 bits per heavy atom. The first-order chi connectivity index (χ1) is 8.63. The largest absolute Gasteiger partial charge is 0.335 e. The van der Waals surface area contributed by atoms with Crippen LogP contribution in [0.25, 0.3) is 0 Å². The van der Waals surface area contributed by atoms with E-state index in [2.05, 4.69) is 34.8 Å². The van der Waals surface area contributed by atoms with E-state index < -0.39 is 0 Å². The number of rotatable bonds is 6. The molecule has 18 heavy (non-hydrogen) atoms. The summed E-state index contributed by atoms with van der Waals surface area (Å²) in [5.74, 6) is -0.0283. The average Bonchev–Trinajstić information content (AvgIpc) is 2.39. The van der Waals surface area contributed by atoms with Gasteiger partial charge in [0.2, 0.25) is 5.56 Å². The Balaban J connectivity index is 2.94. The molecular weight excluding hydrogens is 296 g/mol. The molecule has 0 aliphatic carbocycles. The van der Waals surface area contributed by atoms with E-state index in [4.69, 9.17) is 0 Å². The molecule has 0 spiro atoms. The number of nitrogens with zero attached hydrogens (tertiary/aromatic N) is 1. The third-order valence-corrected chi connectivity index (χ3v) is 3.36. The molecule has 4 nitrogen and oxygen atoms in total. The van der Waals surface area contributed by atoms with Crippen molar-refractivity contribution in [3.05, 3.63) is 34.2 Å². The van der Waals surface area contributed by atoms with E-state index in [1.807, 2.05) is 4.90 Å². The summed E-state index contributed by atoms with van der Waals surface area (Å²) in [6, 6.07) is 3.19. The molecule has 1 amide bonds. The van der Waals surface area contributed by atoms with Gasteiger partial charge in [-0.25, -0.2) is 0 Å². The molecule has 0 unspecified atom stereocenters. The summed E-state index contributed by atoms with van der Waals surface area (Å²) in [6.07, 6.45) is 3.34. The number of pyridine rings is 1. The van der Waals surface area contributed by atoms with Crippen molar-refractivity contribution in [2.24, 2.45) is 0 Å². The van der Waals surface area contributed by atoms with E-state index in [9.17, 15) is 9.59 Å². The van der Waals surface area contributed by atoms with Crippen LogP contribution in [0.4, 0.5) is 0 Å². The first-order valence-corrected chi connectivity index (χ1v) is 7.31. The van der Waals surface area contributed by atoms with E-state index in [-0.39, 0.29) is 17.5 Å². The Labute approximate surface area is 116 Å². The van der Waals surface area contributed by atoms with Crippen LogP contribution in [0.3, 0.4) is 0 Å². The quantitative estimate of drug-likeness (QED) is 0.820. The summed E-state index contributed by atoms with van der Waals surface area (Å²) in [4.78, 5) is 27.8. The van der Waals surface area contributed by atoms with Gasteiger partial charge >= 0.3 is 0 Å². The fraction of sp³-hybridized carbons (Fsp3) is 0.538. The Morgan fingerprint density at radius 2 is 2.06 bits per heavy atom. The fourth-order valence-electron chi connectivity index (χ4n) is 1.98. The zero-order chi connectivity index (χ0) is 13.5. The Bertz CT molecular complexity index is 420. The van der Waals surface area contributed by atoms with Crippen LogP contribution in [0.1, 0.15) is 37.0 Å². The van der Waals surface area contributed by atoms with Crippen LogP contribution in [0.5, 0.6) is 0 Å². The van der Waals surface area contributed by atoms with Crippen molar-refractivity contribution in [3.63, 3.8) is 0 Å². The van der Waals surface area contributed by atoms with E-state index in [1.54, 1.807) is 6.07 Å². The maximum Gasteiger partial charge on any atom is 0.255 e. The van der Waals surface area contributed by atoms with Crippen LogP contribution >= 0.6 is 15.9 Å². The van der Waals surface area contributed by atoms with Gasteiger partial charge in [0.25, 0.3) is 5.91 Å². The molecule has 0 aliphatic heterocycles. The van der Waals surface area contributed by atoms with Gasteiger partial charge in [0.05, 0.1) is 5.56 Å². The van der Waals surface area contributed by atoms with Gasteiger partial charge in [-0.15, -0.1) is 0 Å². The number of nitrogens with one attached hydrogen (secondary N) is 1. The molecule has 100 valence electrons. The van der Waals surface area contributed by atoms with Gasteiger partial charge in [0.15, 0.2) is 0 Å². The van der Waals surface area contributed by atoms with Crippen LogP contribution in [0.2, 0.25) is 0 Å². The second-order valence-corrected chi connectivity index (χ2v) is 4.89. The standard InChI is InChI=1S/C13H19BrN2O2/c1-3-11(4-2)16(8-7-14)13(18)10-5-6-12(17)15-9-10/h5-6,9,11H,3-4,7-8H2,1-2H3,(H,15,17). The molecule has 1 rings (SSSR count). The molecule has 1 N–H and O–H groups in total. The maximum absolute atomic E-state index is 12.4. The Hall–Kier alpha value is -1.10. The van der Waals surface area contributed by atoms with Gasteiger partial charge in [0, 0.05) is 30.2 Å². The summed E-state index contributed by atoms with van der Waals surface area (Å²) in [7, 11) is 0. The molecule has 0 aliphatic rings. The summed E-state index contributed by atoms with van der Waals surface area (Å²) in [5, 5.41) is 0.749. The minimum atomic E-state index is -0.193. The van der Waals surface area contributed by atoms with Gasteiger partial charge < -0.3 is 9.88 Å². The highest BCUT2D eigenvalue weighted by atomic mass is 79.9. The van der Waals surface area contributed by atoms with Crippen LogP contribution in [0, 0.1) is 0 Å². The monoisotopic (exact) mass is 314 g/mol. The van der Waals surface area contributed by atoms with Gasteiger partial charge in [-0.1, -0.05) is 29.8 Å². The lowest BCUT2D eigenvalue weighted by molar-refractivity contribution is 0.0682. The van der Waals surface area contributed by atoms with E-state index in [0.29, 0.717) is 12.1 Å². The Kier molecular flexibility index (Phi) is 6.12. The van der Waals surface area contributed by atoms with Gasteiger partial charge in [-0.05, 0) is 18.9 Å². The highest BCUT2D eigenvalue weighted by Gasteiger charge is 2.21. The lowest BCUT2D eigenvalue weighted by Gasteiger charge is -2.30. The van der Waals surface area contributed by atoms with Crippen LogP contribution < -0.4 is 5.56 Å². The predicted molar refractivity (Wildman–Crippen MR) is 76.3 cm³/mol. The lowest BCUT2D eigenvalue weighted by Crippen LogP contribution is -2.41. The number of aromatic nitrogens is 1. The molecule has 0 saturated heterocycles. The van der Waals surface area contributed by atoms with E-state index in [0.717, 1.165) is 18.2 Å². The number of halogens is 1. The molecule has 1 aromatic rings. The minimum absolute atomic E-state index is 0.0283. The number of aromatic amines is 1. The normalized spacial score (nSPS) is 10.7. The first-order valence-electron chi connectivity index (χ1n) is 6.19. The number of carbonyl (C=O) groups is 1. The third kappa shape index (κ3) is 3.70. The van der Waals surface area contributed by atoms with Crippen LogP contribution in [-0.4, -0.2) is 33.7 Å². The second-order valence-electron chi connectivity index (χ2n) is 4.10. The van der Waals surface area contributed by atoms with Gasteiger partial charge in [-0.3, -0.25) is 9.59 Å². The van der Waals surface area contributed by atoms with E-state index >= 15 is 0 Å². The van der Waals surface area contributed by atoms with E-state index in [1.165, 1.54) is 12.3 Å². The predicted octanol–water partition coefficient (Wildman–Crippen LogP) is 2.40. The Morgan fingerprint density at radius 1 is 1.39 bits per heavy atom. The SMILES string of the molecule is CCC(CC)N(CCBr)C(=O)c1ccc(=O)[nH]c1. The molecule has 1 heterocycles. The molecule has 0 atom stereocenters. The van der Waals surface area contributed by atoms with Crippen molar-refractivity contribution in [2.45, 2.75) is 32.7 Å². The average molecular weight is 315 g/mol. The number of amides is 1. The van der Waals surface area contributed by atoms with Gasteiger partial charge in [-0.2, -0.15) is 0 Å². The molecule has 5 heteroatoms. The number of H-pyrrole nitrogens is 1. The van der Waals surface area contributed by atoms with Crippen molar-refractivity contribution in [1.82, 2.24) is 9.88 Å². The molecular formula is C13H19BrN2O2. The fourth-order valence-corrected chi connectivity index (χ4v) is 2.36. The smallest absolute Gasteiger partial charge is 0.255 e. The highest BCUT2D eigenvalue weighted by Crippen LogP contribution is 2.13. The third-order valence-electron chi connectivity index (χ3n) is 3.00. The zero-order valence-corrected chi connectivity index (χ0v) is 12.4. The topological polar surface area (TPSA) is 53.2 Å². The molecule has 0 fully saturated rings. The molecule has 0 saturated carbocycles. The maximum atomic E-state index is 12.4. The molecule has 0 radical (unpaired) electrons. The number of carbonyl (C=O) groups excluding carboxylic acids is 1. The van der Waals surface area contributed by atoms with Crippen molar-refractivity contribution in [3.8, 4) is 0 Å². The highest BCUT2D eigenvalue weighted by molar-refractivity contribution is 9.09. The van der Waals surface area contributed by atoms with Crippen molar-refractivity contribution >= 4 is 21.8 Å². The minimum Gasteiger partial charge on any atom is -0.335 e. The summed E-state index contributed by atoms with van der Waals surface area (Å²) in [6.45, 7) is 4.83. The second kappa shape index (κ2) is 7.36. The van der Waals surface area contributed by atoms with Gasteiger partial charge in [0.1, 0.15) is 0 Å². The first kappa shape index (κ1) is 15.0. The van der Waals surface area contributed by atoms with Crippen molar-refractivity contribution in [1.29, 1.82) is 0 Å².